The fourth-order valence-electron chi connectivity index (χ4n) is 3.46. The lowest BCUT2D eigenvalue weighted by atomic mass is 9.77. The van der Waals surface area contributed by atoms with Gasteiger partial charge >= 0.3 is 0 Å². The van der Waals surface area contributed by atoms with Crippen LogP contribution in [-0.4, -0.2) is 5.05 Å². The first-order valence-electron chi connectivity index (χ1n) is 7.59. The van der Waals surface area contributed by atoms with Gasteiger partial charge in [0.05, 0.1) is 0 Å². The molecule has 3 rings (SSSR count). The molecule has 0 atom stereocenters. The molecule has 1 aromatic carbocycles. The van der Waals surface area contributed by atoms with Crippen LogP contribution < -0.4 is 4.74 Å². The Bertz CT molecular complexity index is 472. The number of benzene rings is 1. The molecule has 1 saturated carbocycles. The van der Waals surface area contributed by atoms with Gasteiger partial charge in [0.25, 0.3) is 0 Å². The summed E-state index contributed by atoms with van der Waals surface area (Å²) in [5.41, 5.74) is 2.87. The Balaban J connectivity index is 1.74. The average molecular weight is 274 g/mol. The number of hydrogen-bond donors (Lipinski definition) is 0. The second-order valence-electron chi connectivity index (χ2n) is 5.97. The molecule has 2 aliphatic rings. The van der Waals surface area contributed by atoms with Crippen molar-refractivity contribution in [3.63, 3.8) is 0 Å². The molecule has 1 aromatic rings. The fourth-order valence-corrected chi connectivity index (χ4v) is 3.65. The van der Waals surface area contributed by atoms with Gasteiger partial charge in [-0.15, -0.1) is 0 Å². The van der Waals surface area contributed by atoms with Crippen molar-refractivity contribution in [3.05, 3.63) is 29.3 Å². The Morgan fingerprint density at radius 3 is 2.68 bits per heavy atom. The Labute approximate surface area is 121 Å². The summed E-state index contributed by atoms with van der Waals surface area (Å²) in [6, 6.07) is 6.75. The Morgan fingerprint density at radius 1 is 1.16 bits per heavy atom. The van der Waals surface area contributed by atoms with Gasteiger partial charge in [-0.25, -0.2) is 0 Å². The van der Waals surface area contributed by atoms with Gasteiger partial charge in [0.15, 0.2) is 5.05 Å². The van der Waals surface area contributed by atoms with Gasteiger partial charge in [-0.3, -0.25) is 0 Å². The molecule has 0 bridgehead atoms. The van der Waals surface area contributed by atoms with Gasteiger partial charge < -0.3 is 4.74 Å². The van der Waals surface area contributed by atoms with Gasteiger partial charge in [-0.2, -0.15) is 0 Å². The van der Waals surface area contributed by atoms with E-state index in [2.05, 4.69) is 25.1 Å². The predicted molar refractivity (Wildman–Crippen MR) is 83.0 cm³/mol. The molecule has 0 radical (unpaired) electrons. The third kappa shape index (κ3) is 2.84. The number of ether oxygens (including phenoxy) is 1. The van der Waals surface area contributed by atoms with E-state index in [0.717, 1.165) is 35.5 Å². The van der Waals surface area contributed by atoms with Gasteiger partial charge in [0.2, 0.25) is 0 Å². The zero-order chi connectivity index (χ0) is 13.2. The van der Waals surface area contributed by atoms with Crippen molar-refractivity contribution in [2.45, 2.75) is 57.8 Å². The monoisotopic (exact) mass is 274 g/mol. The zero-order valence-electron chi connectivity index (χ0n) is 11.7. The van der Waals surface area contributed by atoms with E-state index in [-0.39, 0.29) is 0 Å². The maximum absolute atomic E-state index is 5.64. The summed E-state index contributed by atoms with van der Waals surface area (Å²) in [6.07, 6.45) is 8.81. The summed E-state index contributed by atoms with van der Waals surface area (Å²) >= 11 is 5.14. The van der Waals surface area contributed by atoms with Crippen LogP contribution in [0.5, 0.6) is 5.75 Å². The topological polar surface area (TPSA) is 9.23 Å². The fraction of sp³-hybridized carbons (Fsp3) is 0.588. The second-order valence-corrected chi connectivity index (χ2v) is 6.42. The zero-order valence-corrected chi connectivity index (χ0v) is 12.5. The summed E-state index contributed by atoms with van der Waals surface area (Å²) in [5, 5.41) is 0.740. The molecule has 102 valence electrons. The van der Waals surface area contributed by atoms with Gasteiger partial charge in [0, 0.05) is 6.42 Å². The number of fused-ring (bicyclic) bond motifs is 1. The molecule has 1 fully saturated rings. The molecule has 2 heteroatoms. The predicted octanol–water partition coefficient (Wildman–Crippen LogP) is 5.02. The molecule has 1 heterocycles. The van der Waals surface area contributed by atoms with Crippen molar-refractivity contribution in [1.82, 2.24) is 0 Å². The molecular formula is C17H22OS. The summed E-state index contributed by atoms with van der Waals surface area (Å²) in [6.45, 7) is 2.32. The van der Waals surface area contributed by atoms with E-state index >= 15 is 0 Å². The first-order valence-corrected chi connectivity index (χ1v) is 8.00. The molecule has 0 amide bonds. The highest BCUT2D eigenvalue weighted by Crippen LogP contribution is 2.38. The van der Waals surface area contributed by atoms with E-state index in [9.17, 15) is 0 Å². The van der Waals surface area contributed by atoms with Crippen LogP contribution in [-0.2, 0) is 6.42 Å². The smallest absolute Gasteiger partial charge is 0.167 e. The van der Waals surface area contributed by atoms with Crippen molar-refractivity contribution >= 4 is 17.3 Å². The molecule has 0 unspecified atom stereocenters. The minimum absolute atomic E-state index is 0.740. The standard InChI is InChI=1S/C17H22OS/c1-2-12-3-5-13(6-4-12)14-7-9-16-15(11-14)8-10-17(19)18-16/h7,9,11-13H,2-6,8,10H2,1H3. The van der Waals surface area contributed by atoms with Gasteiger partial charge in [-0.05, 0) is 73.4 Å². The third-order valence-corrected chi connectivity index (χ3v) is 5.09. The van der Waals surface area contributed by atoms with Crippen LogP contribution in [0.4, 0.5) is 0 Å². The van der Waals surface area contributed by atoms with E-state index in [4.69, 9.17) is 17.0 Å². The average Bonchev–Trinajstić information content (AvgIpc) is 2.47. The summed E-state index contributed by atoms with van der Waals surface area (Å²) in [5.74, 6) is 2.72. The highest BCUT2D eigenvalue weighted by Gasteiger charge is 2.23. The molecule has 1 aliphatic heterocycles. The van der Waals surface area contributed by atoms with E-state index in [1.165, 1.54) is 43.2 Å². The van der Waals surface area contributed by atoms with Crippen molar-refractivity contribution < 1.29 is 4.74 Å². The maximum Gasteiger partial charge on any atom is 0.167 e. The van der Waals surface area contributed by atoms with Gasteiger partial charge in [-0.1, -0.05) is 25.5 Å². The largest absolute Gasteiger partial charge is 0.450 e. The van der Waals surface area contributed by atoms with Crippen molar-refractivity contribution in [2.24, 2.45) is 5.92 Å². The lowest BCUT2D eigenvalue weighted by Gasteiger charge is -2.29. The summed E-state index contributed by atoms with van der Waals surface area (Å²) in [4.78, 5) is 0. The normalized spacial score (nSPS) is 26.7. The summed E-state index contributed by atoms with van der Waals surface area (Å²) < 4.78 is 5.64. The number of hydrogen-bond acceptors (Lipinski definition) is 2. The number of rotatable bonds is 2. The second kappa shape index (κ2) is 5.62. The van der Waals surface area contributed by atoms with E-state index in [1.54, 1.807) is 0 Å². The van der Waals surface area contributed by atoms with Crippen LogP contribution in [0.15, 0.2) is 18.2 Å². The first kappa shape index (κ1) is 13.1. The molecule has 0 saturated heterocycles. The molecule has 19 heavy (non-hydrogen) atoms. The highest BCUT2D eigenvalue weighted by atomic mass is 32.1. The van der Waals surface area contributed by atoms with E-state index in [1.807, 2.05) is 0 Å². The highest BCUT2D eigenvalue weighted by molar-refractivity contribution is 7.80. The molecule has 0 N–H and O–H groups in total. The van der Waals surface area contributed by atoms with Crippen molar-refractivity contribution in [3.8, 4) is 5.75 Å². The lowest BCUT2D eigenvalue weighted by Crippen LogP contribution is -2.16. The first-order chi connectivity index (χ1) is 9.26. The quantitative estimate of drug-likeness (QED) is 0.700. The summed E-state index contributed by atoms with van der Waals surface area (Å²) in [7, 11) is 0. The Kier molecular flexibility index (Phi) is 3.88. The van der Waals surface area contributed by atoms with Crippen LogP contribution in [0.2, 0.25) is 0 Å². The van der Waals surface area contributed by atoms with Gasteiger partial charge in [0.1, 0.15) is 5.75 Å². The van der Waals surface area contributed by atoms with Crippen LogP contribution in [0, 0.1) is 5.92 Å². The van der Waals surface area contributed by atoms with E-state index in [0.29, 0.717) is 0 Å². The minimum Gasteiger partial charge on any atom is -0.450 e. The number of aryl methyl sites for hydroxylation is 1. The van der Waals surface area contributed by atoms with E-state index < -0.39 is 0 Å². The van der Waals surface area contributed by atoms with Crippen molar-refractivity contribution in [2.75, 3.05) is 0 Å². The lowest BCUT2D eigenvalue weighted by molar-refractivity contribution is 0.318. The molecule has 0 aromatic heterocycles. The third-order valence-electron chi connectivity index (χ3n) is 4.80. The Morgan fingerprint density at radius 2 is 1.95 bits per heavy atom. The van der Waals surface area contributed by atoms with Crippen LogP contribution in [0.3, 0.4) is 0 Å². The van der Waals surface area contributed by atoms with Crippen LogP contribution >= 0.6 is 12.2 Å². The number of thiocarbonyl (C=S) groups is 1. The minimum atomic E-state index is 0.740. The van der Waals surface area contributed by atoms with Crippen molar-refractivity contribution in [1.29, 1.82) is 0 Å². The molecule has 1 nitrogen and oxygen atoms in total. The Hall–Kier alpha value is -0.890. The maximum atomic E-state index is 5.64. The molecular weight excluding hydrogens is 252 g/mol. The molecule has 1 aliphatic carbocycles. The van der Waals surface area contributed by atoms with Crippen LogP contribution in [0.1, 0.15) is 62.5 Å². The van der Waals surface area contributed by atoms with Crippen LogP contribution in [0.25, 0.3) is 0 Å². The SMILES string of the molecule is CCC1CCC(c2ccc3c(c2)CCC(=S)O3)CC1. The molecule has 0 spiro atoms.